The van der Waals surface area contributed by atoms with Crippen molar-refractivity contribution in [2.75, 3.05) is 0 Å². The second-order valence-corrected chi connectivity index (χ2v) is 8.93. The summed E-state index contributed by atoms with van der Waals surface area (Å²) < 4.78 is 7.33. The molecule has 0 saturated heterocycles. The van der Waals surface area contributed by atoms with Crippen LogP contribution in [-0.4, -0.2) is 4.40 Å². The van der Waals surface area contributed by atoms with E-state index in [0.717, 1.165) is 6.54 Å². The Morgan fingerprint density at radius 2 is 1.84 bits per heavy atom. The first kappa shape index (κ1) is 13.8. The predicted molar refractivity (Wildman–Crippen MR) is 98.9 cm³/mol. The van der Waals surface area contributed by atoms with E-state index in [1.165, 1.54) is 44.3 Å². The highest BCUT2D eigenvalue weighted by atomic mass is 15.2. The molecule has 0 saturated carbocycles. The summed E-state index contributed by atoms with van der Waals surface area (Å²) in [5, 5.41) is 2.80. The average Bonchev–Trinajstić information content (AvgIpc) is 3.11. The van der Waals surface area contributed by atoms with Crippen LogP contribution in [0.4, 0.5) is 0 Å². The normalized spacial score (nSPS) is 19.1. The summed E-state index contributed by atoms with van der Waals surface area (Å²) in [6.45, 7) is 10.6. The Bertz CT molecular complexity index is 1270. The Labute approximate surface area is 147 Å². The molecular formula is C22H23N3+2. The summed E-state index contributed by atoms with van der Waals surface area (Å²) in [5.41, 5.74) is 8.64. The number of benzene rings is 1. The minimum absolute atomic E-state index is 0.0740. The van der Waals surface area contributed by atoms with Gasteiger partial charge in [-0.05, 0) is 6.07 Å². The molecule has 25 heavy (non-hydrogen) atoms. The van der Waals surface area contributed by atoms with Gasteiger partial charge in [-0.2, -0.15) is 4.40 Å². The van der Waals surface area contributed by atoms with Gasteiger partial charge >= 0.3 is 5.65 Å². The lowest BCUT2D eigenvalue weighted by atomic mass is 9.61. The highest BCUT2D eigenvalue weighted by molar-refractivity contribution is 6.10. The topological polar surface area (TPSA) is 12.2 Å². The van der Waals surface area contributed by atoms with E-state index in [0.29, 0.717) is 0 Å². The largest absolute Gasteiger partial charge is 0.301 e. The van der Waals surface area contributed by atoms with E-state index in [1.807, 2.05) is 0 Å². The molecule has 6 rings (SSSR count). The summed E-state index contributed by atoms with van der Waals surface area (Å²) in [5.74, 6) is 0. The number of nitrogens with zero attached hydrogens (tertiary/aromatic N) is 3. The first-order valence-electron chi connectivity index (χ1n) is 9.16. The number of rotatable bonds is 0. The van der Waals surface area contributed by atoms with Gasteiger partial charge in [0, 0.05) is 28.0 Å². The fourth-order valence-corrected chi connectivity index (χ4v) is 5.27. The van der Waals surface area contributed by atoms with Gasteiger partial charge in [-0.15, -0.1) is 0 Å². The van der Waals surface area contributed by atoms with Gasteiger partial charge in [-0.1, -0.05) is 39.8 Å². The second-order valence-electron chi connectivity index (χ2n) is 8.93. The first-order chi connectivity index (χ1) is 11.8. The van der Waals surface area contributed by atoms with E-state index in [4.69, 9.17) is 0 Å². The summed E-state index contributed by atoms with van der Waals surface area (Å²) in [6.07, 6.45) is 4.63. The maximum atomic E-state index is 2.56. The predicted octanol–water partition coefficient (Wildman–Crippen LogP) is 3.29. The summed E-state index contributed by atoms with van der Waals surface area (Å²) in [6, 6.07) is 9.17. The molecule has 3 nitrogen and oxygen atoms in total. The van der Waals surface area contributed by atoms with Crippen molar-refractivity contribution in [3.05, 3.63) is 53.5 Å². The van der Waals surface area contributed by atoms with Crippen LogP contribution in [0, 0.1) is 0 Å². The average molecular weight is 329 g/mol. The fourth-order valence-electron chi connectivity index (χ4n) is 5.27. The lowest BCUT2D eigenvalue weighted by Crippen LogP contribution is -2.44. The van der Waals surface area contributed by atoms with Crippen LogP contribution in [0.2, 0.25) is 0 Å². The summed E-state index contributed by atoms with van der Waals surface area (Å²) in [4.78, 5) is 0. The third-order valence-electron chi connectivity index (χ3n) is 7.37. The standard InChI is InChI=1S/C22H23N3/c1-21(2)15-8-6-7-14-18(15)25-16(22(21,3)4)12-24-11-13-9-10-23(5)19(14)17(13)20(24)25/h6-10,12H,11H2,1-5H3/q+2. The molecule has 0 aliphatic carbocycles. The Balaban J connectivity index is 2.07. The van der Waals surface area contributed by atoms with Crippen LogP contribution in [-0.2, 0) is 24.4 Å². The maximum Gasteiger partial charge on any atom is 0.301 e. The van der Waals surface area contributed by atoms with Gasteiger partial charge in [-0.25, -0.2) is 9.13 Å². The highest BCUT2D eigenvalue weighted by Crippen LogP contribution is 2.51. The zero-order valence-corrected chi connectivity index (χ0v) is 15.5. The molecule has 0 bridgehead atoms. The SMILES string of the molecule is C[n+]1ccc2c3c1c1cccc4c1n1c(c[n+](c31)C2)C(C)(C)C4(C)C. The summed E-state index contributed by atoms with van der Waals surface area (Å²) in [7, 11) is 2.18. The van der Waals surface area contributed by atoms with Crippen LogP contribution in [0.15, 0.2) is 36.7 Å². The third kappa shape index (κ3) is 1.24. The molecule has 4 aromatic rings. The molecule has 0 fully saturated rings. The minimum atomic E-state index is 0.0740. The molecule has 0 radical (unpaired) electrons. The van der Waals surface area contributed by atoms with Gasteiger partial charge in [0.1, 0.15) is 25.2 Å². The van der Waals surface area contributed by atoms with Crippen LogP contribution in [0.5, 0.6) is 0 Å². The number of hydrogen-bond donors (Lipinski definition) is 0. The number of aromatic nitrogens is 3. The summed E-state index contributed by atoms with van der Waals surface area (Å²) >= 11 is 0. The van der Waals surface area contributed by atoms with E-state index in [2.05, 4.69) is 84.9 Å². The molecule has 124 valence electrons. The van der Waals surface area contributed by atoms with Gasteiger partial charge in [0.05, 0.1) is 5.39 Å². The molecule has 1 aromatic carbocycles. The quantitative estimate of drug-likeness (QED) is 0.305. The van der Waals surface area contributed by atoms with Gasteiger partial charge in [-0.3, -0.25) is 0 Å². The van der Waals surface area contributed by atoms with Gasteiger partial charge in [0.15, 0.2) is 17.4 Å². The molecule has 0 spiro atoms. The van der Waals surface area contributed by atoms with E-state index >= 15 is 0 Å². The number of imidazole rings is 1. The van der Waals surface area contributed by atoms with Crippen molar-refractivity contribution in [3.8, 4) is 0 Å². The van der Waals surface area contributed by atoms with Crippen LogP contribution in [0.1, 0.15) is 44.5 Å². The van der Waals surface area contributed by atoms with Crippen LogP contribution in [0.3, 0.4) is 0 Å². The van der Waals surface area contributed by atoms with Gasteiger partial charge < -0.3 is 0 Å². The van der Waals surface area contributed by atoms with Crippen molar-refractivity contribution in [3.63, 3.8) is 0 Å². The lowest BCUT2D eigenvalue weighted by Gasteiger charge is -2.42. The van der Waals surface area contributed by atoms with Crippen LogP contribution in [0.25, 0.3) is 27.5 Å². The zero-order valence-electron chi connectivity index (χ0n) is 15.5. The lowest BCUT2D eigenvalue weighted by molar-refractivity contribution is -0.657. The first-order valence-corrected chi connectivity index (χ1v) is 9.16. The van der Waals surface area contributed by atoms with Crippen molar-refractivity contribution in [1.29, 1.82) is 0 Å². The van der Waals surface area contributed by atoms with E-state index in [9.17, 15) is 0 Å². The number of fused-ring (bicyclic) bond motifs is 1. The Hall–Kier alpha value is -2.42. The van der Waals surface area contributed by atoms with Crippen molar-refractivity contribution < 1.29 is 9.13 Å². The molecule has 0 unspecified atom stereocenters. The molecule has 5 heterocycles. The molecule has 0 N–H and O–H groups in total. The smallest absolute Gasteiger partial charge is 0.225 e. The van der Waals surface area contributed by atoms with Crippen molar-refractivity contribution in [1.82, 2.24) is 4.40 Å². The van der Waals surface area contributed by atoms with E-state index in [-0.39, 0.29) is 10.8 Å². The number of hydrogen-bond acceptors (Lipinski definition) is 0. The molecule has 3 aromatic heterocycles. The Morgan fingerprint density at radius 3 is 2.64 bits per heavy atom. The van der Waals surface area contributed by atoms with Crippen LogP contribution >= 0.6 is 0 Å². The van der Waals surface area contributed by atoms with E-state index in [1.54, 1.807) is 0 Å². The van der Waals surface area contributed by atoms with Gasteiger partial charge in [0.2, 0.25) is 5.52 Å². The number of pyridine rings is 2. The van der Waals surface area contributed by atoms with Crippen molar-refractivity contribution in [2.45, 2.75) is 45.1 Å². The second kappa shape index (κ2) is 3.72. The maximum absolute atomic E-state index is 2.56. The molecule has 3 heteroatoms. The molecule has 0 atom stereocenters. The van der Waals surface area contributed by atoms with Crippen molar-refractivity contribution in [2.24, 2.45) is 7.05 Å². The number of para-hydroxylation sites is 1. The monoisotopic (exact) mass is 329 g/mol. The van der Waals surface area contributed by atoms with Gasteiger partial charge in [0.25, 0.3) is 0 Å². The zero-order chi connectivity index (χ0) is 17.3. The molecular weight excluding hydrogens is 306 g/mol. The number of aryl methyl sites for hydroxylation is 1. The van der Waals surface area contributed by atoms with Crippen molar-refractivity contribution >= 4 is 27.5 Å². The van der Waals surface area contributed by atoms with Crippen LogP contribution < -0.4 is 9.13 Å². The third-order valence-corrected chi connectivity index (χ3v) is 7.37. The minimum Gasteiger partial charge on any atom is -0.225 e. The molecule has 2 aliphatic rings. The Morgan fingerprint density at radius 1 is 1.04 bits per heavy atom. The molecule has 0 amide bonds. The fraction of sp³-hybridized carbons (Fsp3) is 0.364. The van der Waals surface area contributed by atoms with E-state index < -0.39 is 0 Å². The Kier molecular flexibility index (Phi) is 2.06. The molecule has 2 aliphatic heterocycles. The highest BCUT2D eigenvalue weighted by Gasteiger charge is 2.51.